The van der Waals surface area contributed by atoms with Crippen molar-refractivity contribution in [1.29, 1.82) is 0 Å². The first-order valence-electron chi connectivity index (χ1n) is 12.4. The van der Waals surface area contributed by atoms with Crippen LogP contribution in [0.15, 0.2) is 60.3 Å². The van der Waals surface area contributed by atoms with E-state index in [-0.39, 0.29) is 53.8 Å². The topological polar surface area (TPSA) is 147 Å². The highest BCUT2D eigenvalue weighted by atomic mass is 32.2. The lowest BCUT2D eigenvalue weighted by Gasteiger charge is -2.38. The molecule has 2 amide bonds. The van der Waals surface area contributed by atoms with E-state index in [4.69, 9.17) is 4.74 Å². The zero-order valence-electron chi connectivity index (χ0n) is 22.2. The predicted molar refractivity (Wildman–Crippen MR) is 143 cm³/mol. The summed E-state index contributed by atoms with van der Waals surface area (Å²) in [6, 6.07) is 7.36. The standard InChI is InChI=1S/C26H32N6O6S/c1-17-12-32(18(2)15-33)26(35)21-11-20(29-25(34)19-7-9-27-10-8-19)5-6-22(21)38-23(17)13-31(4)39(36,37)24-14-30(3)16-28-24/h5-11,14,16-18,23,33H,12-13,15H2,1-4H3,(H,29,34)/t17-,18+,23+/m0/s1. The van der Waals surface area contributed by atoms with Crippen LogP contribution in [0.1, 0.15) is 34.6 Å². The fraction of sp³-hybridized carbons (Fsp3) is 0.385. The maximum atomic E-state index is 13.6. The molecule has 0 saturated carbocycles. The van der Waals surface area contributed by atoms with Crippen molar-refractivity contribution in [3.63, 3.8) is 0 Å². The van der Waals surface area contributed by atoms with Crippen LogP contribution in [-0.2, 0) is 17.1 Å². The molecule has 208 valence electrons. The molecule has 0 spiro atoms. The number of nitrogens with one attached hydrogen (secondary N) is 1. The average molecular weight is 557 g/mol. The van der Waals surface area contributed by atoms with Crippen molar-refractivity contribution in [3.8, 4) is 5.75 Å². The van der Waals surface area contributed by atoms with Crippen LogP contribution >= 0.6 is 0 Å². The van der Waals surface area contributed by atoms with Gasteiger partial charge in [-0.05, 0) is 37.3 Å². The lowest BCUT2D eigenvalue weighted by atomic mass is 9.99. The summed E-state index contributed by atoms with van der Waals surface area (Å²) in [5, 5.41) is 12.6. The van der Waals surface area contributed by atoms with Crippen LogP contribution in [0.25, 0.3) is 0 Å². The van der Waals surface area contributed by atoms with Gasteiger partial charge >= 0.3 is 0 Å². The lowest BCUT2D eigenvalue weighted by molar-refractivity contribution is 0.0387. The summed E-state index contributed by atoms with van der Waals surface area (Å²) in [4.78, 5) is 35.7. The van der Waals surface area contributed by atoms with E-state index in [1.54, 1.807) is 47.7 Å². The second-order valence-electron chi connectivity index (χ2n) is 9.69. The second kappa shape index (κ2) is 11.5. The molecule has 3 atom stereocenters. The Morgan fingerprint density at radius 3 is 2.64 bits per heavy atom. The van der Waals surface area contributed by atoms with E-state index in [1.807, 2.05) is 6.92 Å². The molecule has 0 aliphatic carbocycles. The number of aromatic nitrogens is 3. The average Bonchev–Trinajstić information content (AvgIpc) is 3.38. The van der Waals surface area contributed by atoms with Gasteiger partial charge in [-0.15, -0.1) is 0 Å². The van der Waals surface area contributed by atoms with E-state index in [1.165, 1.54) is 42.3 Å². The number of benzene rings is 1. The predicted octanol–water partition coefficient (Wildman–Crippen LogP) is 1.61. The molecule has 1 aromatic carbocycles. The highest BCUT2D eigenvalue weighted by Gasteiger charge is 2.35. The van der Waals surface area contributed by atoms with Gasteiger partial charge in [-0.1, -0.05) is 6.92 Å². The maximum absolute atomic E-state index is 13.6. The zero-order valence-corrected chi connectivity index (χ0v) is 23.0. The fourth-order valence-electron chi connectivity index (χ4n) is 4.26. The number of sulfonamides is 1. The Morgan fingerprint density at radius 1 is 1.28 bits per heavy atom. The molecule has 0 bridgehead atoms. The van der Waals surface area contributed by atoms with Crippen molar-refractivity contribution >= 4 is 27.5 Å². The molecule has 13 heteroatoms. The third-order valence-corrected chi connectivity index (χ3v) is 8.37. The highest BCUT2D eigenvalue weighted by Crippen LogP contribution is 2.31. The van der Waals surface area contributed by atoms with Crippen molar-refractivity contribution in [2.45, 2.75) is 31.0 Å². The molecule has 2 aromatic heterocycles. The Labute approximate surface area is 227 Å². The van der Waals surface area contributed by atoms with Crippen LogP contribution in [0.5, 0.6) is 5.75 Å². The third-order valence-electron chi connectivity index (χ3n) is 6.66. The molecule has 2 N–H and O–H groups in total. The van der Waals surface area contributed by atoms with Gasteiger partial charge in [0.15, 0.2) is 5.03 Å². The van der Waals surface area contributed by atoms with Crippen LogP contribution in [0.4, 0.5) is 5.69 Å². The van der Waals surface area contributed by atoms with E-state index in [0.717, 1.165) is 0 Å². The van der Waals surface area contributed by atoms with Crippen molar-refractivity contribution in [1.82, 2.24) is 23.7 Å². The Kier molecular flexibility index (Phi) is 8.33. The number of likely N-dealkylation sites (N-methyl/N-ethyl adjacent to an activating group) is 1. The van der Waals surface area contributed by atoms with Crippen molar-refractivity contribution in [2.24, 2.45) is 13.0 Å². The number of rotatable bonds is 8. The van der Waals surface area contributed by atoms with Crippen LogP contribution in [0.3, 0.4) is 0 Å². The van der Waals surface area contributed by atoms with Gasteiger partial charge in [0.05, 0.1) is 31.1 Å². The fourth-order valence-corrected chi connectivity index (χ4v) is 5.40. The number of aliphatic hydroxyl groups is 1. The minimum atomic E-state index is -3.88. The molecule has 1 aliphatic rings. The normalized spacial score (nSPS) is 18.6. The number of aliphatic hydroxyl groups excluding tert-OH is 1. The van der Waals surface area contributed by atoms with Gasteiger partial charge in [-0.25, -0.2) is 13.4 Å². The molecule has 0 fully saturated rings. The monoisotopic (exact) mass is 556 g/mol. The molecule has 0 unspecified atom stereocenters. The number of fused-ring (bicyclic) bond motifs is 1. The number of pyridine rings is 1. The maximum Gasteiger partial charge on any atom is 0.261 e. The first-order chi connectivity index (χ1) is 18.5. The molecule has 0 saturated heterocycles. The SMILES string of the molecule is C[C@H](CO)N1C[C@H](C)[C@@H](CN(C)S(=O)(=O)c2cn(C)cn2)Oc2ccc(NC(=O)c3ccncc3)cc2C1=O. The number of nitrogens with zero attached hydrogens (tertiary/aromatic N) is 5. The van der Waals surface area contributed by atoms with E-state index < -0.39 is 22.2 Å². The first-order valence-corrected chi connectivity index (χ1v) is 13.8. The quantitative estimate of drug-likeness (QED) is 0.425. The summed E-state index contributed by atoms with van der Waals surface area (Å²) in [6.45, 7) is 3.55. The second-order valence-corrected chi connectivity index (χ2v) is 11.7. The highest BCUT2D eigenvalue weighted by molar-refractivity contribution is 7.89. The molecule has 0 radical (unpaired) electrons. The van der Waals surface area contributed by atoms with Crippen LogP contribution in [0.2, 0.25) is 0 Å². The largest absolute Gasteiger partial charge is 0.488 e. The Bertz CT molecular complexity index is 1440. The minimum Gasteiger partial charge on any atom is -0.488 e. The van der Waals surface area contributed by atoms with E-state index in [2.05, 4.69) is 15.3 Å². The van der Waals surface area contributed by atoms with Crippen molar-refractivity contribution in [2.75, 3.05) is 32.1 Å². The number of carbonyl (C=O) groups is 2. The number of carbonyl (C=O) groups excluding carboxylic acids is 2. The van der Waals surface area contributed by atoms with Crippen molar-refractivity contribution in [3.05, 3.63) is 66.4 Å². The summed E-state index contributed by atoms with van der Waals surface area (Å²) < 4.78 is 35.2. The number of anilines is 1. The Hall–Kier alpha value is -3.81. The van der Waals surface area contributed by atoms with Crippen LogP contribution in [0, 0.1) is 5.92 Å². The van der Waals surface area contributed by atoms with Crippen molar-refractivity contribution < 1.29 is 27.9 Å². The number of hydrogen-bond donors (Lipinski definition) is 2. The lowest BCUT2D eigenvalue weighted by Crippen LogP contribution is -2.50. The minimum absolute atomic E-state index is 0.00438. The van der Waals surface area contributed by atoms with E-state index in [9.17, 15) is 23.1 Å². The number of hydrogen-bond acceptors (Lipinski definition) is 8. The number of aryl methyl sites for hydroxylation is 1. The van der Waals surface area contributed by atoms with Gasteiger partial charge in [0, 0.05) is 56.4 Å². The van der Waals surface area contributed by atoms with E-state index in [0.29, 0.717) is 11.3 Å². The first kappa shape index (κ1) is 28.2. The van der Waals surface area contributed by atoms with Gasteiger partial charge in [0.2, 0.25) is 0 Å². The molecule has 1 aliphatic heterocycles. The van der Waals surface area contributed by atoms with E-state index >= 15 is 0 Å². The van der Waals surface area contributed by atoms with Gasteiger partial charge in [0.25, 0.3) is 21.8 Å². The summed E-state index contributed by atoms with van der Waals surface area (Å²) in [6.07, 6.45) is 5.22. The third kappa shape index (κ3) is 6.10. The summed E-state index contributed by atoms with van der Waals surface area (Å²) in [5.41, 5.74) is 0.972. The molecule has 3 heterocycles. The molecular formula is C26H32N6O6S. The summed E-state index contributed by atoms with van der Waals surface area (Å²) in [7, 11) is -0.742. The number of imidazole rings is 1. The van der Waals surface area contributed by atoms with Gasteiger partial charge in [-0.3, -0.25) is 14.6 Å². The van der Waals surface area contributed by atoms with Gasteiger partial charge in [-0.2, -0.15) is 4.31 Å². The molecule has 39 heavy (non-hydrogen) atoms. The summed E-state index contributed by atoms with van der Waals surface area (Å²) in [5.74, 6) is -0.780. The molecule has 4 rings (SSSR count). The molecular weight excluding hydrogens is 524 g/mol. The molecule has 3 aromatic rings. The Morgan fingerprint density at radius 2 is 2.00 bits per heavy atom. The van der Waals surface area contributed by atoms with Crippen LogP contribution < -0.4 is 10.1 Å². The van der Waals surface area contributed by atoms with Gasteiger partial charge < -0.3 is 24.6 Å². The van der Waals surface area contributed by atoms with Crippen LogP contribution in [-0.4, -0.2) is 88.0 Å². The number of ether oxygens (including phenoxy) is 1. The smallest absolute Gasteiger partial charge is 0.261 e. The Balaban J connectivity index is 1.65. The molecule has 12 nitrogen and oxygen atoms in total. The summed E-state index contributed by atoms with van der Waals surface area (Å²) >= 11 is 0. The van der Waals surface area contributed by atoms with Gasteiger partial charge in [0.1, 0.15) is 11.9 Å². The zero-order chi connectivity index (χ0) is 28.3. The number of amides is 2.